The van der Waals surface area contributed by atoms with Gasteiger partial charge in [-0.1, -0.05) is 50.6 Å². The van der Waals surface area contributed by atoms with Crippen molar-refractivity contribution in [2.75, 3.05) is 0 Å². The number of nitrogens with one attached hydrogen (secondary N) is 1. The van der Waals surface area contributed by atoms with Gasteiger partial charge >= 0.3 is 0 Å². The number of hydrogen-bond acceptors (Lipinski definition) is 4. The van der Waals surface area contributed by atoms with Gasteiger partial charge in [0.05, 0.1) is 5.25 Å². The van der Waals surface area contributed by atoms with E-state index in [2.05, 4.69) is 24.1 Å². The highest BCUT2D eigenvalue weighted by Crippen LogP contribution is 2.31. The molecule has 1 aromatic carbocycles. The van der Waals surface area contributed by atoms with Crippen molar-refractivity contribution in [3.8, 4) is 0 Å². The van der Waals surface area contributed by atoms with Crippen molar-refractivity contribution in [2.24, 2.45) is 11.8 Å². The summed E-state index contributed by atoms with van der Waals surface area (Å²) in [5.74, 6) is 1.28. The second-order valence-corrected chi connectivity index (χ2v) is 7.88. The molecule has 2 aromatic rings. The van der Waals surface area contributed by atoms with Gasteiger partial charge in [-0.15, -0.1) is 0 Å². The average Bonchev–Trinajstić information content (AvgIpc) is 2.93. The van der Waals surface area contributed by atoms with E-state index >= 15 is 0 Å². The molecule has 1 aliphatic carbocycles. The van der Waals surface area contributed by atoms with Gasteiger partial charge in [-0.25, -0.2) is 4.98 Å². The quantitative estimate of drug-likeness (QED) is 0.851. The van der Waals surface area contributed by atoms with E-state index < -0.39 is 0 Å². The molecule has 0 unspecified atom stereocenters. The number of carbonyl (C=O) groups excluding carboxylic acids is 1. The third-order valence-electron chi connectivity index (χ3n) is 4.96. The summed E-state index contributed by atoms with van der Waals surface area (Å²) >= 11 is 1.38. The molecule has 0 saturated heterocycles. The van der Waals surface area contributed by atoms with Crippen LogP contribution in [-0.4, -0.2) is 22.2 Å². The largest absolute Gasteiger partial charge is 0.431 e. The van der Waals surface area contributed by atoms with Gasteiger partial charge in [-0.3, -0.25) is 4.79 Å². The lowest BCUT2D eigenvalue weighted by Gasteiger charge is -2.35. The molecule has 5 heteroatoms. The number of aromatic nitrogens is 1. The van der Waals surface area contributed by atoms with Crippen molar-refractivity contribution < 1.29 is 9.21 Å². The minimum atomic E-state index is -0.215. The molecule has 3 rings (SSSR count). The van der Waals surface area contributed by atoms with Gasteiger partial charge in [-0.2, -0.15) is 0 Å². The molecule has 1 fully saturated rings. The van der Waals surface area contributed by atoms with Crippen molar-refractivity contribution in [3.05, 3.63) is 24.3 Å². The molecule has 1 N–H and O–H groups in total. The Labute approximate surface area is 141 Å². The Morgan fingerprint density at radius 3 is 2.91 bits per heavy atom. The SMILES string of the molecule is C[C@H]1[C@H](C)CCC[C@H]1NC(=O)[C@@H](C)Sc1nc2ccccc2o1. The van der Waals surface area contributed by atoms with Gasteiger partial charge in [0, 0.05) is 6.04 Å². The highest BCUT2D eigenvalue weighted by atomic mass is 32.2. The molecule has 0 spiro atoms. The number of nitrogens with zero attached hydrogens (tertiary/aromatic N) is 1. The fourth-order valence-electron chi connectivity index (χ4n) is 3.19. The molecule has 23 heavy (non-hydrogen) atoms. The van der Waals surface area contributed by atoms with E-state index in [0.717, 1.165) is 17.5 Å². The zero-order valence-electron chi connectivity index (χ0n) is 13.9. The molecule has 0 bridgehead atoms. The van der Waals surface area contributed by atoms with Crippen molar-refractivity contribution in [2.45, 2.75) is 56.5 Å². The first-order valence-electron chi connectivity index (χ1n) is 8.37. The van der Waals surface area contributed by atoms with Gasteiger partial charge < -0.3 is 9.73 Å². The highest BCUT2D eigenvalue weighted by molar-refractivity contribution is 8.00. The second-order valence-electron chi connectivity index (χ2n) is 6.59. The van der Waals surface area contributed by atoms with E-state index in [1.54, 1.807) is 0 Å². The molecule has 4 atom stereocenters. The Morgan fingerprint density at radius 2 is 2.13 bits per heavy atom. The first-order chi connectivity index (χ1) is 11.0. The molecular formula is C18H24N2O2S. The van der Waals surface area contributed by atoms with Crippen molar-refractivity contribution in [3.63, 3.8) is 0 Å². The van der Waals surface area contributed by atoms with E-state index in [1.807, 2.05) is 31.2 Å². The minimum Gasteiger partial charge on any atom is -0.431 e. The van der Waals surface area contributed by atoms with E-state index in [-0.39, 0.29) is 17.2 Å². The smallest absolute Gasteiger partial charge is 0.257 e. The third-order valence-corrected chi connectivity index (χ3v) is 5.90. The third kappa shape index (κ3) is 3.71. The Balaban J connectivity index is 1.61. The average molecular weight is 332 g/mol. The van der Waals surface area contributed by atoms with Crippen LogP contribution < -0.4 is 5.32 Å². The maximum Gasteiger partial charge on any atom is 0.257 e. The summed E-state index contributed by atoms with van der Waals surface area (Å²) in [6.45, 7) is 6.43. The molecule has 4 nitrogen and oxygen atoms in total. The zero-order valence-corrected chi connectivity index (χ0v) is 14.7. The maximum absolute atomic E-state index is 12.5. The summed E-state index contributed by atoms with van der Waals surface area (Å²) in [6.07, 6.45) is 3.54. The van der Waals surface area contributed by atoms with Crippen molar-refractivity contribution in [1.82, 2.24) is 10.3 Å². The molecule has 1 aromatic heterocycles. The summed E-state index contributed by atoms with van der Waals surface area (Å²) in [4.78, 5) is 16.9. The van der Waals surface area contributed by atoms with Crippen LogP contribution in [0.5, 0.6) is 0 Å². The second kappa shape index (κ2) is 6.95. The summed E-state index contributed by atoms with van der Waals surface area (Å²) in [5.41, 5.74) is 1.59. The Morgan fingerprint density at radius 1 is 1.35 bits per heavy atom. The number of thioether (sulfide) groups is 1. The zero-order chi connectivity index (χ0) is 16.4. The predicted molar refractivity (Wildman–Crippen MR) is 93.4 cm³/mol. The van der Waals surface area contributed by atoms with Gasteiger partial charge in [0.25, 0.3) is 5.22 Å². The first kappa shape index (κ1) is 16.4. The highest BCUT2D eigenvalue weighted by Gasteiger charge is 2.29. The number of oxazole rings is 1. The Hall–Kier alpha value is -1.49. The van der Waals surface area contributed by atoms with Crippen LogP contribution in [0.1, 0.15) is 40.0 Å². The maximum atomic E-state index is 12.5. The van der Waals surface area contributed by atoms with Crippen LogP contribution in [0.25, 0.3) is 11.1 Å². The number of hydrogen-bond donors (Lipinski definition) is 1. The van der Waals surface area contributed by atoms with E-state index in [1.165, 1.54) is 24.6 Å². The number of carbonyl (C=O) groups is 1. The van der Waals surface area contributed by atoms with Crippen molar-refractivity contribution in [1.29, 1.82) is 0 Å². The van der Waals surface area contributed by atoms with Crippen LogP contribution in [0.3, 0.4) is 0 Å². The number of amides is 1. The van der Waals surface area contributed by atoms with Crippen LogP contribution in [0.4, 0.5) is 0 Å². The molecule has 0 radical (unpaired) electrons. The monoisotopic (exact) mass is 332 g/mol. The van der Waals surface area contributed by atoms with Crippen LogP contribution in [0, 0.1) is 11.8 Å². The standard InChI is InChI=1S/C18H24N2O2S/c1-11-7-6-9-14(12(11)2)19-17(21)13(3)23-18-20-15-8-4-5-10-16(15)22-18/h4-5,8,10-14H,6-7,9H2,1-3H3,(H,19,21)/t11-,12+,13-,14-/m1/s1. The molecule has 1 saturated carbocycles. The molecule has 124 valence electrons. The molecule has 1 aliphatic rings. The lowest BCUT2D eigenvalue weighted by atomic mass is 9.78. The first-order valence-corrected chi connectivity index (χ1v) is 9.25. The number of fused-ring (bicyclic) bond motifs is 1. The number of para-hydroxylation sites is 2. The normalized spacial score (nSPS) is 26.1. The van der Waals surface area contributed by atoms with E-state index in [0.29, 0.717) is 17.1 Å². The fourth-order valence-corrected chi connectivity index (χ4v) is 3.96. The van der Waals surface area contributed by atoms with Crippen LogP contribution >= 0.6 is 11.8 Å². The molecule has 0 aliphatic heterocycles. The van der Waals surface area contributed by atoms with Gasteiger partial charge in [0.1, 0.15) is 5.52 Å². The van der Waals surface area contributed by atoms with Gasteiger partial charge in [0.2, 0.25) is 5.91 Å². The fraction of sp³-hybridized carbons (Fsp3) is 0.556. The van der Waals surface area contributed by atoms with Crippen LogP contribution in [-0.2, 0) is 4.79 Å². The number of benzene rings is 1. The summed E-state index contributed by atoms with van der Waals surface area (Å²) in [6, 6.07) is 7.95. The van der Waals surface area contributed by atoms with Gasteiger partial charge in [0.15, 0.2) is 5.58 Å². The predicted octanol–water partition coefficient (Wildman–Crippen LogP) is 4.25. The van der Waals surface area contributed by atoms with Crippen LogP contribution in [0.2, 0.25) is 0 Å². The minimum absolute atomic E-state index is 0.0724. The summed E-state index contributed by atoms with van der Waals surface area (Å²) in [5, 5.41) is 3.56. The lowest BCUT2D eigenvalue weighted by Crippen LogP contribution is -2.46. The van der Waals surface area contributed by atoms with E-state index in [9.17, 15) is 4.79 Å². The molecular weight excluding hydrogens is 308 g/mol. The van der Waals surface area contributed by atoms with Crippen molar-refractivity contribution >= 4 is 28.8 Å². The Kier molecular flexibility index (Phi) is 4.95. The molecule has 1 heterocycles. The summed E-state index contributed by atoms with van der Waals surface area (Å²) < 4.78 is 5.69. The lowest BCUT2D eigenvalue weighted by molar-refractivity contribution is -0.121. The van der Waals surface area contributed by atoms with Crippen LogP contribution in [0.15, 0.2) is 33.9 Å². The topological polar surface area (TPSA) is 55.1 Å². The number of rotatable bonds is 4. The summed E-state index contributed by atoms with van der Waals surface area (Å²) in [7, 11) is 0. The Bertz CT molecular complexity index is 651. The molecule has 1 amide bonds. The van der Waals surface area contributed by atoms with Gasteiger partial charge in [-0.05, 0) is 37.3 Å². The van der Waals surface area contributed by atoms with E-state index in [4.69, 9.17) is 4.42 Å².